The highest BCUT2D eigenvalue weighted by Crippen LogP contribution is 2.28. The monoisotopic (exact) mass is 194 g/mol. The minimum Gasteiger partial charge on any atom is -0.391 e. The minimum absolute atomic E-state index is 0.444. The summed E-state index contributed by atoms with van der Waals surface area (Å²) in [6.07, 6.45) is -2.51. The van der Waals surface area contributed by atoms with E-state index in [1.165, 1.54) is 0 Å². The van der Waals surface area contributed by atoms with E-state index in [0.717, 1.165) is 0 Å². The first-order valence-corrected chi connectivity index (χ1v) is 4.12. The number of hydrogen-bond acceptors (Lipinski definition) is 5. The molecule has 1 aliphatic heterocycles. The summed E-state index contributed by atoms with van der Waals surface area (Å²) in [5.74, 6) is -2.52. The molecular weight excluding hydrogens is 178 g/mol. The quantitative estimate of drug-likeness (QED) is 0.298. The van der Waals surface area contributed by atoms with E-state index in [0.29, 0.717) is 0 Å². The Kier molecular flexibility index (Phi) is 2.91. The molecule has 0 aliphatic carbocycles. The molecule has 0 radical (unpaired) electrons. The summed E-state index contributed by atoms with van der Waals surface area (Å²) in [6, 6.07) is -0.526. The highest BCUT2D eigenvalue weighted by molar-refractivity contribution is 4.89. The van der Waals surface area contributed by atoms with Gasteiger partial charge in [-0.25, -0.2) is 0 Å². The fraction of sp³-hybridized carbons (Fsp3) is 1.00. The van der Waals surface area contributed by atoms with Crippen molar-refractivity contribution in [3.8, 4) is 0 Å². The smallest absolute Gasteiger partial charge is 0.219 e. The highest BCUT2D eigenvalue weighted by atomic mass is 16.7. The molecule has 0 spiro atoms. The predicted molar refractivity (Wildman–Crippen MR) is 41.0 cm³/mol. The van der Waals surface area contributed by atoms with Crippen LogP contribution in [0.2, 0.25) is 0 Å². The molecule has 0 amide bonds. The molecule has 6 heteroatoms. The van der Waals surface area contributed by atoms with Crippen molar-refractivity contribution >= 4 is 0 Å². The zero-order valence-electron chi connectivity index (χ0n) is 7.42. The highest BCUT2D eigenvalue weighted by Gasteiger charge is 2.51. The largest absolute Gasteiger partial charge is 0.391 e. The summed E-state index contributed by atoms with van der Waals surface area (Å²) in [7, 11) is 0. The Balaban J connectivity index is 2.82. The van der Waals surface area contributed by atoms with E-state index in [4.69, 9.17) is 5.11 Å². The van der Waals surface area contributed by atoms with E-state index in [-0.39, 0.29) is 0 Å². The molecule has 5 unspecified atom stereocenters. The second-order valence-corrected chi connectivity index (χ2v) is 3.48. The topological polar surface area (TPSA) is 118 Å². The Bertz CT molecular complexity index is 190. The molecule has 0 aromatic rings. The third kappa shape index (κ3) is 1.69. The van der Waals surface area contributed by atoms with Gasteiger partial charge in [0.1, 0.15) is 12.1 Å². The van der Waals surface area contributed by atoms with Gasteiger partial charge in [-0.1, -0.05) is 6.92 Å². The number of ether oxygens (including phenoxy) is 1. The van der Waals surface area contributed by atoms with Gasteiger partial charge in [0, 0.05) is 5.92 Å². The summed E-state index contributed by atoms with van der Waals surface area (Å²) >= 11 is 0. The van der Waals surface area contributed by atoms with Crippen LogP contribution >= 0.6 is 0 Å². The van der Waals surface area contributed by atoms with Gasteiger partial charge in [0.2, 0.25) is 12.1 Å². The van der Waals surface area contributed by atoms with E-state index in [1.54, 1.807) is 6.92 Å². The summed E-state index contributed by atoms with van der Waals surface area (Å²) in [5.41, 5.74) is 3.58. The van der Waals surface area contributed by atoms with Crippen molar-refractivity contribution in [2.45, 2.75) is 31.1 Å². The Morgan fingerprint density at radius 2 is 2.00 bits per heavy atom. The molecule has 0 aromatic carbocycles. The molecule has 13 heavy (non-hydrogen) atoms. The van der Waals surface area contributed by atoms with Crippen molar-refractivity contribution in [3.05, 3.63) is 0 Å². The number of aliphatic hydroxyl groups is 4. The van der Waals surface area contributed by atoms with E-state index in [1.807, 2.05) is 0 Å². The van der Waals surface area contributed by atoms with Crippen LogP contribution < -0.4 is 5.73 Å². The van der Waals surface area contributed by atoms with Gasteiger partial charge >= 0.3 is 0 Å². The van der Waals surface area contributed by atoms with Crippen molar-refractivity contribution in [3.63, 3.8) is 0 Å². The van der Waals surface area contributed by atoms with Crippen LogP contribution in [-0.4, -0.2) is 51.3 Å². The first kappa shape index (κ1) is 10.8. The van der Waals surface area contributed by atoms with Crippen LogP contribution in [-0.2, 0) is 4.74 Å². The van der Waals surface area contributed by atoms with Gasteiger partial charge in [-0.3, -0.25) is 0 Å². The van der Waals surface area contributed by atoms with Crippen LogP contribution in [0, 0.1) is 5.92 Å². The minimum atomic E-state index is -2.08. The van der Waals surface area contributed by atoms with Crippen molar-refractivity contribution in [1.82, 2.24) is 0 Å². The van der Waals surface area contributed by atoms with Crippen LogP contribution in [0.15, 0.2) is 0 Å². The number of hydrogen-bond donors (Lipinski definition) is 5. The molecule has 0 bridgehead atoms. The number of aliphatic hydroxyl groups excluding tert-OH is 3. The average Bonchev–Trinajstić information content (AvgIpc) is 2.12. The Morgan fingerprint density at radius 3 is 2.46 bits per heavy atom. The number of quaternary nitrogens is 1. The molecule has 1 heterocycles. The van der Waals surface area contributed by atoms with E-state index < -0.39 is 36.7 Å². The summed E-state index contributed by atoms with van der Waals surface area (Å²) < 4.78 is 4.67. The normalized spacial score (nSPS) is 52.2. The molecular formula is C7H16NO5+. The lowest BCUT2D eigenvalue weighted by Crippen LogP contribution is -2.77. The third-order valence-corrected chi connectivity index (χ3v) is 2.55. The summed E-state index contributed by atoms with van der Waals surface area (Å²) in [5, 5.41) is 37.0. The van der Waals surface area contributed by atoms with Crippen LogP contribution in [0.5, 0.6) is 0 Å². The van der Waals surface area contributed by atoms with Crippen LogP contribution in [0.25, 0.3) is 0 Å². The second-order valence-electron chi connectivity index (χ2n) is 3.48. The molecule has 5 atom stereocenters. The summed E-state index contributed by atoms with van der Waals surface area (Å²) in [4.78, 5) is 0. The van der Waals surface area contributed by atoms with Gasteiger partial charge in [-0.05, 0) is 0 Å². The molecule has 6 nitrogen and oxygen atoms in total. The maximum Gasteiger partial charge on any atom is 0.219 e. The molecule has 78 valence electrons. The molecule has 1 fully saturated rings. The maximum absolute atomic E-state index is 9.50. The Labute approximate surface area is 75.6 Å². The second kappa shape index (κ2) is 3.49. The fourth-order valence-electron chi connectivity index (χ4n) is 1.40. The molecule has 1 saturated heterocycles. The zero-order valence-corrected chi connectivity index (χ0v) is 7.42. The van der Waals surface area contributed by atoms with Gasteiger partial charge in [0.05, 0.1) is 6.61 Å². The maximum atomic E-state index is 9.50. The first-order chi connectivity index (χ1) is 5.92. The molecule has 0 saturated carbocycles. The van der Waals surface area contributed by atoms with Crippen LogP contribution in [0.1, 0.15) is 6.92 Å². The summed E-state index contributed by atoms with van der Waals surface area (Å²) in [6.45, 7) is 0.858. The average molecular weight is 194 g/mol. The van der Waals surface area contributed by atoms with Crippen molar-refractivity contribution in [1.29, 1.82) is 0 Å². The fourth-order valence-corrected chi connectivity index (χ4v) is 1.40. The third-order valence-electron chi connectivity index (χ3n) is 2.55. The van der Waals surface area contributed by atoms with Crippen LogP contribution in [0.4, 0.5) is 0 Å². The van der Waals surface area contributed by atoms with Gasteiger partial charge in [-0.15, -0.1) is 0 Å². The lowest BCUT2D eigenvalue weighted by atomic mass is 9.87. The van der Waals surface area contributed by atoms with E-state index in [2.05, 4.69) is 10.5 Å². The lowest BCUT2D eigenvalue weighted by Gasteiger charge is -2.42. The van der Waals surface area contributed by atoms with E-state index in [9.17, 15) is 15.3 Å². The van der Waals surface area contributed by atoms with E-state index >= 15 is 0 Å². The predicted octanol–water partition coefficient (Wildman–Crippen LogP) is -3.38. The SMILES string of the molecule is CC1C([NH3+])C(O)OC(O)(CO)C1O. The van der Waals surface area contributed by atoms with Gasteiger partial charge in [0.15, 0.2) is 0 Å². The molecule has 7 N–H and O–H groups in total. The molecule has 1 aliphatic rings. The molecule has 0 aromatic heterocycles. The Morgan fingerprint density at radius 1 is 1.46 bits per heavy atom. The molecule has 1 rings (SSSR count). The Hall–Kier alpha value is -0.240. The van der Waals surface area contributed by atoms with Crippen molar-refractivity contribution < 1.29 is 30.9 Å². The number of rotatable bonds is 1. The van der Waals surface area contributed by atoms with Crippen molar-refractivity contribution in [2.75, 3.05) is 6.61 Å². The van der Waals surface area contributed by atoms with Gasteiger partial charge in [0.25, 0.3) is 0 Å². The standard InChI is InChI=1S/C7H15NO5/c1-3-4(8)6(11)13-7(12,2-9)5(3)10/h3-6,9-12H,2,8H2,1H3/p+1. The zero-order chi connectivity index (χ0) is 10.2. The lowest BCUT2D eigenvalue weighted by molar-refractivity contribution is -0.516. The van der Waals surface area contributed by atoms with Gasteiger partial charge in [-0.2, -0.15) is 0 Å². The first-order valence-electron chi connectivity index (χ1n) is 4.12. The van der Waals surface area contributed by atoms with Crippen molar-refractivity contribution in [2.24, 2.45) is 5.92 Å². The van der Waals surface area contributed by atoms with Crippen LogP contribution in [0.3, 0.4) is 0 Å². The van der Waals surface area contributed by atoms with Gasteiger partial charge < -0.3 is 30.9 Å².